The molecule has 0 amide bonds. The van der Waals surface area contributed by atoms with E-state index in [0.717, 1.165) is 0 Å². The van der Waals surface area contributed by atoms with Gasteiger partial charge in [0, 0.05) is 0 Å². The van der Waals surface area contributed by atoms with Gasteiger partial charge in [-0.25, -0.2) is 0 Å². The number of esters is 1. The summed E-state index contributed by atoms with van der Waals surface area (Å²) in [6.07, 6.45) is -1.14. The van der Waals surface area contributed by atoms with Crippen LogP contribution in [-0.2, 0) is 9.53 Å². The monoisotopic (exact) mass is 211 g/mol. The lowest BCUT2D eigenvalue weighted by molar-refractivity contribution is -0.145. The van der Waals surface area contributed by atoms with Crippen LogP contribution in [-0.4, -0.2) is 29.3 Å². The van der Waals surface area contributed by atoms with Gasteiger partial charge in [0.15, 0.2) is 0 Å². The number of phenols is 1. The molecule has 0 bridgehead atoms. The first-order valence-corrected chi connectivity index (χ1v) is 4.36. The topological polar surface area (TPSA) is 92.8 Å². The second-order valence-corrected chi connectivity index (χ2v) is 3.09. The zero-order chi connectivity index (χ0) is 11.4. The number of aromatic hydroxyl groups is 1. The van der Waals surface area contributed by atoms with Crippen LogP contribution in [0.2, 0.25) is 0 Å². The van der Waals surface area contributed by atoms with Gasteiger partial charge in [-0.05, 0) is 17.7 Å². The summed E-state index contributed by atoms with van der Waals surface area (Å²) in [4.78, 5) is 11.0. The maximum absolute atomic E-state index is 11.0. The minimum atomic E-state index is -1.14. The highest BCUT2D eigenvalue weighted by atomic mass is 16.5. The van der Waals surface area contributed by atoms with Crippen molar-refractivity contribution in [1.29, 1.82) is 0 Å². The van der Waals surface area contributed by atoms with Gasteiger partial charge in [0.2, 0.25) is 0 Å². The largest absolute Gasteiger partial charge is 0.508 e. The van der Waals surface area contributed by atoms with Crippen molar-refractivity contribution in [1.82, 2.24) is 0 Å². The van der Waals surface area contributed by atoms with E-state index >= 15 is 0 Å². The zero-order valence-electron chi connectivity index (χ0n) is 8.25. The van der Waals surface area contributed by atoms with E-state index < -0.39 is 18.1 Å². The van der Waals surface area contributed by atoms with Crippen molar-refractivity contribution >= 4 is 5.97 Å². The second-order valence-electron chi connectivity index (χ2n) is 3.09. The number of phenolic OH excluding ortho intramolecular Hbond substituents is 1. The molecule has 0 unspecified atom stereocenters. The summed E-state index contributed by atoms with van der Waals surface area (Å²) in [6.45, 7) is 0. The Morgan fingerprint density at radius 1 is 1.40 bits per heavy atom. The smallest absolute Gasteiger partial charge is 0.325 e. The van der Waals surface area contributed by atoms with Crippen LogP contribution in [0, 0.1) is 0 Å². The van der Waals surface area contributed by atoms with E-state index in [1.807, 2.05) is 0 Å². The fraction of sp³-hybridized carbons (Fsp3) is 0.300. The molecule has 1 aromatic carbocycles. The number of methoxy groups -OCH3 is 1. The van der Waals surface area contributed by atoms with Crippen LogP contribution >= 0.6 is 0 Å². The quantitative estimate of drug-likeness (QED) is 0.608. The predicted molar refractivity (Wildman–Crippen MR) is 53.1 cm³/mol. The highest BCUT2D eigenvalue weighted by Gasteiger charge is 2.24. The molecule has 0 aliphatic carbocycles. The number of carbonyl (C=O) groups excluding carboxylic acids is 1. The molecule has 0 saturated heterocycles. The van der Waals surface area contributed by atoms with Crippen LogP contribution in [0.3, 0.4) is 0 Å². The number of rotatable bonds is 3. The lowest BCUT2D eigenvalue weighted by Gasteiger charge is -2.16. The number of hydrogen-bond acceptors (Lipinski definition) is 5. The molecule has 82 valence electrons. The molecule has 0 aliphatic rings. The minimum Gasteiger partial charge on any atom is -0.508 e. The molecule has 0 spiro atoms. The van der Waals surface area contributed by atoms with Crippen molar-refractivity contribution in [3.05, 3.63) is 29.8 Å². The molecule has 0 aromatic heterocycles. The Hall–Kier alpha value is -1.59. The molecule has 0 fully saturated rings. The van der Waals surface area contributed by atoms with Crippen molar-refractivity contribution in [3.8, 4) is 5.75 Å². The molecule has 1 rings (SSSR count). The number of carbonyl (C=O) groups is 1. The molecule has 0 radical (unpaired) electrons. The normalized spacial score (nSPS) is 14.3. The minimum absolute atomic E-state index is 0.0811. The first-order valence-electron chi connectivity index (χ1n) is 4.36. The first kappa shape index (κ1) is 11.5. The Balaban J connectivity index is 2.80. The molecule has 5 heteroatoms. The summed E-state index contributed by atoms with van der Waals surface area (Å²) in [5, 5.41) is 18.7. The van der Waals surface area contributed by atoms with Crippen LogP contribution < -0.4 is 5.73 Å². The van der Waals surface area contributed by atoms with Crippen LogP contribution in [0.1, 0.15) is 11.7 Å². The summed E-state index contributed by atoms with van der Waals surface area (Å²) in [7, 11) is 1.20. The summed E-state index contributed by atoms with van der Waals surface area (Å²) < 4.78 is 4.41. The van der Waals surface area contributed by atoms with Crippen LogP contribution in [0.15, 0.2) is 24.3 Å². The summed E-state index contributed by atoms with van der Waals surface area (Å²) in [5.74, 6) is -0.604. The second kappa shape index (κ2) is 4.77. The van der Waals surface area contributed by atoms with Crippen molar-refractivity contribution in [2.24, 2.45) is 5.73 Å². The van der Waals surface area contributed by atoms with Crippen molar-refractivity contribution < 1.29 is 19.7 Å². The standard InChI is InChI=1S/C10H13NO4/c1-15-10(14)8(11)9(13)6-2-4-7(12)5-3-6/h2-5,8-9,12-13H,11H2,1H3/t8-,9-/m0/s1. The molecular formula is C10H13NO4. The number of aliphatic hydroxyl groups is 1. The average molecular weight is 211 g/mol. The summed E-state index contributed by atoms with van der Waals surface area (Å²) in [5.41, 5.74) is 5.90. The molecule has 15 heavy (non-hydrogen) atoms. The molecular weight excluding hydrogens is 198 g/mol. The van der Waals surface area contributed by atoms with Gasteiger partial charge in [0.25, 0.3) is 0 Å². The van der Waals surface area contributed by atoms with E-state index in [2.05, 4.69) is 4.74 Å². The molecule has 1 aromatic rings. The van der Waals surface area contributed by atoms with Gasteiger partial charge < -0.3 is 20.7 Å². The van der Waals surface area contributed by atoms with E-state index in [1.165, 1.54) is 31.4 Å². The molecule has 0 saturated carbocycles. The zero-order valence-corrected chi connectivity index (χ0v) is 8.25. The molecule has 0 aliphatic heterocycles. The highest BCUT2D eigenvalue weighted by Crippen LogP contribution is 2.19. The SMILES string of the molecule is COC(=O)[C@@H](N)[C@@H](O)c1ccc(O)cc1. The number of aliphatic hydroxyl groups excluding tert-OH is 1. The lowest BCUT2D eigenvalue weighted by atomic mass is 10.0. The van der Waals surface area contributed by atoms with Gasteiger partial charge >= 0.3 is 5.97 Å². The molecule has 2 atom stereocenters. The van der Waals surface area contributed by atoms with Crippen molar-refractivity contribution in [2.45, 2.75) is 12.1 Å². The maximum atomic E-state index is 11.0. The number of ether oxygens (including phenoxy) is 1. The Morgan fingerprint density at radius 3 is 2.40 bits per heavy atom. The third kappa shape index (κ3) is 2.68. The Kier molecular flexibility index (Phi) is 3.65. The van der Waals surface area contributed by atoms with E-state index in [1.54, 1.807) is 0 Å². The number of hydrogen-bond donors (Lipinski definition) is 3. The first-order chi connectivity index (χ1) is 7.06. The predicted octanol–water partition coefficient (Wildman–Crippen LogP) is -0.0741. The van der Waals surface area contributed by atoms with E-state index in [9.17, 15) is 9.90 Å². The van der Waals surface area contributed by atoms with Crippen molar-refractivity contribution in [3.63, 3.8) is 0 Å². The Bertz CT molecular complexity index is 336. The third-order valence-electron chi connectivity index (χ3n) is 2.05. The molecule has 5 nitrogen and oxygen atoms in total. The number of nitrogens with two attached hydrogens (primary N) is 1. The summed E-state index contributed by atoms with van der Waals surface area (Å²) >= 11 is 0. The Labute approximate surface area is 87.1 Å². The van der Waals surface area contributed by atoms with Crippen LogP contribution in [0.25, 0.3) is 0 Å². The fourth-order valence-electron chi connectivity index (χ4n) is 1.14. The van der Waals surface area contributed by atoms with E-state index in [4.69, 9.17) is 10.8 Å². The summed E-state index contributed by atoms with van der Waals surface area (Å²) in [6, 6.07) is 4.66. The van der Waals surface area contributed by atoms with Crippen LogP contribution in [0.4, 0.5) is 0 Å². The Morgan fingerprint density at radius 2 is 1.93 bits per heavy atom. The van der Waals surface area contributed by atoms with Gasteiger partial charge in [-0.3, -0.25) is 4.79 Å². The van der Waals surface area contributed by atoms with Gasteiger partial charge in [0.1, 0.15) is 17.9 Å². The average Bonchev–Trinajstić information content (AvgIpc) is 2.27. The lowest BCUT2D eigenvalue weighted by Crippen LogP contribution is -2.37. The van der Waals surface area contributed by atoms with Gasteiger partial charge in [0.05, 0.1) is 7.11 Å². The van der Waals surface area contributed by atoms with E-state index in [-0.39, 0.29) is 5.75 Å². The fourth-order valence-corrected chi connectivity index (χ4v) is 1.14. The van der Waals surface area contributed by atoms with Gasteiger partial charge in [-0.15, -0.1) is 0 Å². The molecule has 4 N–H and O–H groups in total. The highest BCUT2D eigenvalue weighted by molar-refractivity contribution is 5.76. The van der Waals surface area contributed by atoms with Crippen molar-refractivity contribution in [2.75, 3.05) is 7.11 Å². The van der Waals surface area contributed by atoms with Crippen LogP contribution in [0.5, 0.6) is 5.75 Å². The maximum Gasteiger partial charge on any atom is 0.325 e. The van der Waals surface area contributed by atoms with Gasteiger partial charge in [-0.2, -0.15) is 0 Å². The third-order valence-corrected chi connectivity index (χ3v) is 2.05. The van der Waals surface area contributed by atoms with E-state index in [0.29, 0.717) is 5.56 Å². The van der Waals surface area contributed by atoms with Gasteiger partial charge in [-0.1, -0.05) is 12.1 Å². The molecule has 0 heterocycles. The number of benzene rings is 1.